The molecule has 7 nitrogen and oxygen atoms in total. The van der Waals surface area contributed by atoms with Gasteiger partial charge in [-0.05, 0) is 42.3 Å². The van der Waals surface area contributed by atoms with Gasteiger partial charge >= 0.3 is 0 Å². The normalized spacial score (nSPS) is 13.1. The number of aryl methyl sites for hydroxylation is 1. The Balaban J connectivity index is 1.49. The predicted molar refractivity (Wildman–Crippen MR) is 114 cm³/mol. The minimum absolute atomic E-state index is 0.0655. The van der Waals surface area contributed by atoms with Gasteiger partial charge < -0.3 is 29.1 Å². The number of rotatable bonds is 9. The highest BCUT2D eigenvalue weighted by atomic mass is 16.7. The SMILES string of the molecule is COc1ccc(C(CC(=O)NCCCc2ccco2)c2cc3c(cc2O)OCO3)cc1. The van der Waals surface area contributed by atoms with Gasteiger partial charge in [-0.3, -0.25) is 4.79 Å². The zero-order valence-electron chi connectivity index (χ0n) is 17.3. The molecule has 2 heterocycles. The van der Waals surface area contributed by atoms with Crippen molar-refractivity contribution in [1.29, 1.82) is 0 Å². The third-order valence-electron chi connectivity index (χ3n) is 5.31. The molecule has 31 heavy (non-hydrogen) atoms. The monoisotopic (exact) mass is 423 g/mol. The third kappa shape index (κ3) is 4.94. The average molecular weight is 423 g/mol. The van der Waals surface area contributed by atoms with Crippen molar-refractivity contribution in [1.82, 2.24) is 5.32 Å². The number of phenolic OH excluding ortho intramolecular Hbond substituents is 1. The number of aromatic hydroxyl groups is 1. The number of benzene rings is 2. The highest BCUT2D eigenvalue weighted by Gasteiger charge is 2.25. The Morgan fingerprint density at radius 2 is 1.94 bits per heavy atom. The number of phenols is 1. The van der Waals surface area contributed by atoms with Gasteiger partial charge in [-0.2, -0.15) is 0 Å². The summed E-state index contributed by atoms with van der Waals surface area (Å²) in [5.74, 6) is 2.29. The van der Waals surface area contributed by atoms with Crippen molar-refractivity contribution in [2.75, 3.05) is 20.4 Å². The lowest BCUT2D eigenvalue weighted by atomic mass is 9.87. The van der Waals surface area contributed by atoms with Gasteiger partial charge in [0.2, 0.25) is 12.7 Å². The molecule has 0 fully saturated rings. The predicted octanol–water partition coefficient (Wildman–Crippen LogP) is 3.99. The maximum absolute atomic E-state index is 12.7. The lowest BCUT2D eigenvalue weighted by molar-refractivity contribution is -0.121. The van der Waals surface area contributed by atoms with E-state index in [1.807, 2.05) is 36.4 Å². The molecule has 1 aliphatic heterocycles. The third-order valence-corrected chi connectivity index (χ3v) is 5.31. The van der Waals surface area contributed by atoms with Crippen LogP contribution in [0.25, 0.3) is 0 Å². The number of amides is 1. The number of hydrogen-bond donors (Lipinski definition) is 2. The lowest BCUT2D eigenvalue weighted by Gasteiger charge is -2.20. The van der Waals surface area contributed by atoms with Gasteiger partial charge in [-0.25, -0.2) is 0 Å². The second kappa shape index (κ2) is 9.47. The summed E-state index contributed by atoms with van der Waals surface area (Å²) in [5.41, 5.74) is 1.50. The molecule has 3 aromatic rings. The van der Waals surface area contributed by atoms with E-state index in [1.54, 1.807) is 19.4 Å². The minimum Gasteiger partial charge on any atom is -0.508 e. The van der Waals surface area contributed by atoms with Crippen LogP contribution in [-0.2, 0) is 11.2 Å². The van der Waals surface area contributed by atoms with Crippen molar-refractivity contribution in [2.45, 2.75) is 25.2 Å². The zero-order chi connectivity index (χ0) is 21.6. The molecule has 0 radical (unpaired) electrons. The molecule has 1 aromatic heterocycles. The van der Waals surface area contributed by atoms with E-state index in [4.69, 9.17) is 18.6 Å². The second-order valence-corrected chi connectivity index (χ2v) is 7.33. The molecule has 2 aromatic carbocycles. The first-order valence-corrected chi connectivity index (χ1v) is 10.2. The molecule has 1 unspecified atom stereocenters. The molecule has 0 saturated heterocycles. The largest absolute Gasteiger partial charge is 0.508 e. The number of methoxy groups -OCH3 is 1. The molecule has 1 atom stereocenters. The summed E-state index contributed by atoms with van der Waals surface area (Å²) in [6.07, 6.45) is 3.37. The summed E-state index contributed by atoms with van der Waals surface area (Å²) in [6, 6.07) is 14.5. The van der Waals surface area contributed by atoms with Gasteiger partial charge in [0, 0.05) is 36.9 Å². The summed E-state index contributed by atoms with van der Waals surface area (Å²) in [7, 11) is 1.60. The van der Waals surface area contributed by atoms with E-state index in [-0.39, 0.29) is 30.8 Å². The van der Waals surface area contributed by atoms with Gasteiger partial charge in [0.05, 0.1) is 13.4 Å². The molecule has 0 spiro atoms. The van der Waals surface area contributed by atoms with Crippen molar-refractivity contribution in [3.8, 4) is 23.0 Å². The lowest BCUT2D eigenvalue weighted by Crippen LogP contribution is -2.26. The van der Waals surface area contributed by atoms with E-state index in [0.717, 1.165) is 29.9 Å². The van der Waals surface area contributed by atoms with Crippen molar-refractivity contribution in [3.05, 3.63) is 71.7 Å². The zero-order valence-corrected chi connectivity index (χ0v) is 17.3. The van der Waals surface area contributed by atoms with Crippen LogP contribution in [0.3, 0.4) is 0 Å². The fourth-order valence-electron chi connectivity index (χ4n) is 3.67. The van der Waals surface area contributed by atoms with Gasteiger partial charge in [-0.1, -0.05) is 12.1 Å². The van der Waals surface area contributed by atoms with E-state index < -0.39 is 0 Å². The smallest absolute Gasteiger partial charge is 0.231 e. The molecule has 162 valence electrons. The number of nitrogens with one attached hydrogen (secondary N) is 1. The second-order valence-electron chi connectivity index (χ2n) is 7.33. The topological polar surface area (TPSA) is 90.2 Å². The van der Waals surface area contributed by atoms with Crippen molar-refractivity contribution < 1.29 is 28.5 Å². The van der Waals surface area contributed by atoms with Crippen LogP contribution in [0.4, 0.5) is 0 Å². The van der Waals surface area contributed by atoms with Crippen LogP contribution in [0.2, 0.25) is 0 Å². The minimum atomic E-state index is -0.356. The molecule has 0 bridgehead atoms. The Labute approximate surface area is 180 Å². The fourth-order valence-corrected chi connectivity index (χ4v) is 3.67. The Morgan fingerprint density at radius 1 is 1.16 bits per heavy atom. The van der Waals surface area contributed by atoms with E-state index in [1.165, 1.54) is 6.07 Å². The highest BCUT2D eigenvalue weighted by molar-refractivity contribution is 5.78. The van der Waals surface area contributed by atoms with E-state index >= 15 is 0 Å². The number of fused-ring (bicyclic) bond motifs is 1. The van der Waals surface area contributed by atoms with Crippen LogP contribution in [0, 0.1) is 0 Å². The molecule has 1 aliphatic rings. The van der Waals surface area contributed by atoms with Crippen molar-refractivity contribution in [2.24, 2.45) is 0 Å². The Hall–Kier alpha value is -3.61. The molecule has 0 saturated carbocycles. The van der Waals surface area contributed by atoms with E-state index in [9.17, 15) is 9.90 Å². The number of carbonyl (C=O) groups excluding carboxylic acids is 1. The number of ether oxygens (including phenoxy) is 3. The summed E-state index contributed by atoms with van der Waals surface area (Å²) in [6.45, 7) is 0.656. The van der Waals surface area contributed by atoms with E-state index in [0.29, 0.717) is 23.6 Å². The first-order chi connectivity index (χ1) is 15.1. The number of hydrogen-bond acceptors (Lipinski definition) is 6. The number of carbonyl (C=O) groups is 1. The Bertz CT molecular complexity index is 1010. The number of furan rings is 1. The van der Waals surface area contributed by atoms with Gasteiger partial charge in [0.25, 0.3) is 0 Å². The highest BCUT2D eigenvalue weighted by Crippen LogP contribution is 2.43. The Morgan fingerprint density at radius 3 is 2.65 bits per heavy atom. The van der Waals surface area contributed by atoms with Crippen molar-refractivity contribution in [3.63, 3.8) is 0 Å². The standard InChI is InChI=1S/C24H25NO6/c1-28-17-8-6-16(7-9-17)19(20-12-22-23(14-21(20)26)31-15-30-22)13-24(27)25-10-2-4-18-5-3-11-29-18/h3,5-9,11-12,14,19,26H,2,4,10,13,15H2,1H3,(H,25,27). The first kappa shape index (κ1) is 20.7. The van der Waals surface area contributed by atoms with Crippen LogP contribution >= 0.6 is 0 Å². The molecule has 2 N–H and O–H groups in total. The van der Waals surface area contributed by atoms with Gasteiger partial charge in [-0.15, -0.1) is 0 Å². The molecule has 1 amide bonds. The Kier molecular flexibility index (Phi) is 6.31. The fraction of sp³-hybridized carbons (Fsp3) is 0.292. The maximum atomic E-state index is 12.7. The first-order valence-electron chi connectivity index (χ1n) is 10.2. The average Bonchev–Trinajstić information content (AvgIpc) is 3.46. The van der Waals surface area contributed by atoms with Crippen LogP contribution in [0.5, 0.6) is 23.0 Å². The molecule has 7 heteroatoms. The molecular weight excluding hydrogens is 398 g/mol. The van der Waals surface area contributed by atoms with Crippen molar-refractivity contribution >= 4 is 5.91 Å². The summed E-state index contributed by atoms with van der Waals surface area (Å²) >= 11 is 0. The van der Waals surface area contributed by atoms with Gasteiger partial charge in [0.1, 0.15) is 17.3 Å². The van der Waals surface area contributed by atoms with E-state index in [2.05, 4.69) is 5.32 Å². The molecule has 4 rings (SSSR count). The quantitative estimate of drug-likeness (QED) is 0.506. The molecule has 0 aliphatic carbocycles. The van der Waals surface area contributed by atoms with Crippen LogP contribution in [0.1, 0.15) is 35.6 Å². The summed E-state index contributed by atoms with van der Waals surface area (Å²) < 4.78 is 21.4. The van der Waals surface area contributed by atoms with Gasteiger partial charge in [0.15, 0.2) is 11.5 Å². The molecular formula is C24H25NO6. The summed E-state index contributed by atoms with van der Waals surface area (Å²) in [4.78, 5) is 12.7. The summed E-state index contributed by atoms with van der Waals surface area (Å²) in [5, 5.41) is 13.6. The van der Waals surface area contributed by atoms with Crippen LogP contribution in [0.15, 0.2) is 59.2 Å². The van der Waals surface area contributed by atoms with Crippen LogP contribution in [-0.4, -0.2) is 31.5 Å². The van der Waals surface area contributed by atoms with Crippen LogP contribution < -0.4 is 19.5 Å². The maximum Gasteiger partial charge on any atom is 0.231 e.